The first kappa shape index (κ1) is 14.9. The van der Waals surface area contributed by atoms with Gasteiger partial charge in [0.05, 0.1) is 12.8 Å². The van der Waals surface area contributed by atoms with E-state index in [2.05, 4.69) is 0 Å². The Morgan fingerprint density at radius 2 is 1.95 bits per heavy atom. The zero-order valence-corrected chi connectivity index (χ0v) is 13.4. The topological polar surface area (TPSA) is 55.8 Å². The van der Waals surface area contributed by atoms with Crippen LogP contribution >= 0.6 is 0 Å². The van der Waals surface area contributed by atoms with Crippen LogP contribution in [0.4, 0.5) is 10.5 Å². The number of fused-ring (bicyclic) bond motifs is 3. The maximum atomic E-state index is 12.7. The number of benzene rings is 1. The summed E-state index contributed by atoms with van der Waals surface area (Å²) in [5.74, 6) is -0.380. The van der Waals surface area contributed by atoms with Gasteiger partial charge in [0.1, 0.15) is 5.60 Å². The Labute approximate surface area is 130 Å². The number of rotatable bonds is 1. The summed E-state index contributed by atoms with van der Waals surface area (Å²) in [5.41, 5.74) is 0.209. The molecule has 1 amide bonds. The number of nitrogens with zero attached hydrogens (tertiary/aromatic N) is 1. The van der Waals surface area contributed by atoms with Gasteiger partial charge in [0.25, 0.3) is 0 Å². The molecule has 1 saturated carbocycles. The number of hydrogen-bond donors (Lipinski definition) is 0. The lowest BCUT2D eigenvalue weighted by atomic mass is 9.65. The number of carbonyl (C=O) groups is 2. The van der Waals surface area contributed by atoms with E-state index in [4.69, 9.17) is 9.47 Å². The fourth-order valence-electron chi connectivity index (χ4n) is 3.52. The molecule has 1 fully saturated rings. The van der Waals surface area contributed by atoms with Gasteiger partial charge in [-0.25, -0.2) is 9.59 Å². The van der Waals surface area contributed by atoms with Crippen molar-refractivity contribution in [3.63, 3.8) is 0 Å². The molecule has 0 saturated heterocycles. The summed E-state index contributed by atoms with van der Waals surface area (Å²) in [7, 11) is 1.36. The largest absolute Gasteiger partial charge is 0.467 e. The predicted octanol–water partition coefficient (Wildman–Crippen LogP) is 3.23. The van der Waals surface area contributed by atoms with E-state index in [9.17, 15) is 9.59 Å². The molecule has 3 rings (SSSR count). The number of amides is 1. The van der Waals surface area contributed by atoms with E-state index in [0.29, 0.717) is 6.42 Å². The van der Waals surface area contributed by atoms with Crippen LogP contribution < -0.4 is 4.90 Å². The van der Waals surface area contributed by atoms with E-state index in [1.54, 1.807) is 0 Å². The first-order valence-corrected chi connectivity index (χ1v) is 7.52. The maximum absolute atomic E-state index is 12.7. The van der Waals surface area contributed by atoms with Gasteiger partial charge in [0.2, 0.25) is 0 Å². The van der Waals surface area contributed by atoms with Gasteiger partial charge >= 0.3 is 12.1 Å². The van der Waals surface area contributed by atoms with Crippen molar-refractivity contribution in [1.82, 2.24) is 0 Å². The number of hydrogen-bond acceptors (Lipinski definition) is 4. The molecule has 0 bridgehead atoms. The van der Waals surface area contributed by atoms with E-state index in [-0.39, 0.29) is 11.9 Å². The molecule has 2 atom stereocenters. The van der Waals surface area contributed by atoms with Gasteiger partial charge in [0, 0.05) is 5.92 Å². The Kier molecular flexibility index (Phi) is 3.20. The number of carbonyl (C=O) groups excluding carboxylic acids is 2. The zero-order chi connectivity index (χ0) is 16.1. The summed E-state index contributed by atoms with van der Waals surface area (Å²) in [5, 5.41) is 0. The number of para-hydroxylation sites is 1. The van der Waals surface area contributed by atoms with E-state index in [1.165, 1.54) is 12.0 Å². The molecule has 2 unspecified atom stereocenters. The highest BCUT2D eigenvalue weighted by Crippen LogP contribution is 2.59. The summed E-state index contributed by atoms with van der Waals surface area (Å²) in [6.07, 6.45) is 0.969. The Hall–Kier alpha value is -2.04. The van der Waals surface area contributed by atoms with Gasteiger partial charge in [-0.05, 0) is 45.2 Å². The standard InChI is InChI=1S/C17H21NO4/c1-16(2,3)22-15(20)18-13-8-6-5-7-11(13)12-9-10-17(12,18)14(19)21-4/h5-8,12H,9-10H2,1-4H3. The maximum Gasteiger partial charge on any atom is 0.415 e. The van der Waals surface area contributed by atoms with Crippen molar-refractivity contribution in [3.05, 3.63) is 29.8 Å². The van der Waals surface area contributed by atoms with Gasteiger partial charge in [-0.2, -0.15) is 0 Å². The second kappa shape index (κ2) is 4.73. The summed E-state index contributed by atoms with van der Waals surface area (Å²) in [6.45, 7) is 5.45. The van der Waals surface area contributed by atoms with Crippen LogP contribution in [0.5, 0.6) is 0 Å². The molecule has 0 radical (unpaired) electrons. The molecule has 1 aromatic rings. The Balaban J connectivity index is 2.07. The molecule has 22 heavy (non-hydrogen) atoms. The van der Waals surface area contributed by atoms with Crippen LogP contribution in [0, 0.1) is 0 Å². The van der Waals surface area contributed by atoms with Gasteiger partial charge in [-0.15, -0.1) is 0 Å². The number of esters is 1. The normalized spacial score (nSPS) is 25.8. The Morgan fingerprint density at radius 3 is 2.50 bits per heavy atom. The van der Waals surface area contributed by atoms with Crippen molar-refractivity contribution < 1.29 is 19.1 Å². The summed E-state index contributed by atoms with van der Waals surface area (Å²) < 4.78 is 10.5. The van der Waals surface area contributed by atoms with E-state index < -0.39 is 17.2 Å². The van der Waals surface area contributed by atoms with Crippen molar-refractivity contribution in [3.8, 4) is 0 Å². The third kappa shape index (κ3) is 1.91. The summed E-state index contributed by atoms with van der Waals surface area (Å²) in [4.78, 5) is 26.7. The first-order chi connectivity index (χ1) is 10.3. The zero-order valence-electron chi connectivity index (χ0n) is 13.4. The van der Waals surface area contributed by atoms with Crippen molar-refractivity contribution in [2.24, 2.45) is 0 Å². The van der Waals surface area contributed by atoms with E-state index in [1.807, 2.05) is 45.0 Å². The van der Waals surface area contributed by atoms with Crippen molar-refractivity contribution in [2.75, 3.05) is 12.0 Å². The highest BCUT2D eigenvalue weighted by atomic mass is 16.6. The lowest BCUT2D eigenvalue weighted by Gasteiger charge is -2.46. The second-order valence-corrected chi connectivity index (χ2v) is 6.88. The summed E-state index contributed by atoms with van der Waals surface area (Å²) >= 11 is 0. The Bertz CT molecular complexity index is 634. The lowest BCUT2D eigenvalue weighted by Crippen LogP contribution is -2.63. The SMILES string of the molecule is COC(=O)C12CCC1c1ccccc1N2C(=O)OC(C)(C)C. The van der Waals surface area contributed by atoms with Crippen molar-refractivity contribution >= 4 is 17.7 Å². The first-order valence-electron chi connectivity index (χ1n) is 7.52. The third-order valence-corrected chi connectivity index (χ3v) is 4.46. The monoisotopic (exact) mass is 303 g/mol. The average Bonchev–Trinajstić information content (AvgIpc) is 2.61. The van der Waals surface area contributed by atoms with Gasteiger partial charge in [-0.1, -0.05) is 18.2 Å². The fraction of sp³-hybridized carbons (Fsp3) is 0.529. The molecular formula is C17H21NO4. The molecule has 5 nitrogen and oxygen atoms in total. The molecule has 1 heterocycles. The van der Waals surface area contributed by atoms with E-state index >= 15 is 0 Å². The van der Waals surface area contributed by atoms with Crippen LogP contribution in [-0.4, -0.2) is 30.3 Å². The number of methoxy groups -OCH3 is 1. The molecular weight excluding hydrogens is 282 g/mol. The quantitative estimate of drug-likeness (QED) is 0.747. The van der Waals surface area contributed by atoms with Gasteiger partial charge in [-0.3, -0.25) is 4.90 Å². The lowest BCUT2D eigenvalue weighted by molar-refractivity contribution is -0.151. The highest BCUT2D eigenvalue weighted by molar-refractivity contribution is 6.04. The Morgan fingerprint density at radius 1 is 1.27 bits per heavy atom. The van der Waals surface area contributed by atoms with E-state index in [0.717, 1.165) is 17.7 Å². The molecule has 1 aromatic carbocycles. The molecule has 5 heteroatoms. The molecule has 1 aliphatic heterocycles. The summed E-state index contributed by atoms with van der Waals surface area (Å²) in [6, 6.07) is 7.63. The minimum atomic E-state index is -0.944. The molecule has 118 valence electrons. The second-order valence-electron chi connectivity index (χ2n) is 6.88. The fourth-order valence-corrected chi connectivity index (χ4v) is 3.52. The third-order valence-electron chi connectivity index (χ3n) is 4.46. The van der Waals surface area contributed by atoms with Crippen LogP contribution in [0.2, 0.25) is 0 Å². The van der Waals surface area contributed by atoms with Crippen LogP contribution in [0.15, 0.2) is 24.3 Å². The van der Waals surface area contributed by atoms with Crippen LogP contribution in [-0.2, 0) is 14.3 Å². The van der Waals surface area contributed by atoms with Crippen LogP contribution in [0.3, 0.4) is 0 Å². The van der Waals surface area contributed by atoms with Crippen LogP contribution in [0.25, 0.3) is 0 Å². The number of ether oxygens (including phenoxy) is 2. The van der Waals surface area contributed by atoms with Gasteiger partial charge < -0.3 is 9.47 Å². The van der Waals surface area contributed by atoms with Gasteiger partial charge in [0.15, 0.2) is 5.54 Å². The smallest absolute Gasteiger partial charge is 0.415 e. The molecule has 0 spiro atoms. The number of anilines is 1. The minimum Gasteiger partial charge on any atom is -0.467 e. The average molecular weight is 303 g/mol. The van der Waals surface area contributed by atoms with Crippen molar-refractivity contribution in [2.45, 2.75) is 50.7 Å². The molecule has 2 aliphatic rings. The van der Waals surface area contributed by atoms with Crippen LogP contribution in [0.1, 0.15) is 45.1 Å². The van der Waals surface area contributed by atoms with Crippen molar-refractivity contribution in [1.29, 1.82) is 0 Å². The highest BCUT2D eigenvalue weighted by Gasteiger charge is 2.65. The molecule has 1 aliphatic carbocycles. The molecule has 0 N–H and O–H groups in total. The minimum absolute atomic E-state index is 0.0105. The predicted molar refractivity (Wildman–Crippen MR) is 81.9 cm³/mol. The molecule has 0 aromatic heterocycles.